The molecule has 8 heteroatoms. The summed E-state index contributed by atoms with van der Waals surface area (Å²) in [6.45, 7) is 8.68. The molecular formula is C28H47N2O6+. The average molecular weight is 508 g/mol. The summed E-state index contributed by atoms with van der Waals surface area (Å²) in [5.41, 5.74) is 5.32. The second kappa shape index (κ2) is 11.1. The Morgan fingerprint density at radius 3 is 2.69 bits per heavy atom. The van der Waals surface area contributed by atoms with E-state index in [9.17, 15) is 14.7 Å². The summed E-state index contributed by atoms with van der Waals surface area (Å²) < 4.78 is 19.1. The van der Waals surface area contributed by atoms with Gasteiger partial charge in [0.2, 0.25) is 0 Å². The van der Waals surface area contributed by atoms with Crippen molar-refractivity contribution >= 4 is 11.9 Å². The van der Waals surface area contributed by atoms with Gasteiger partial charge in [0.25, 0.3) is 0 Å². The lowest BCUT2D eigenvalue weighted by molar-refractivity contribution is -0.703. The SMILES string of the molecule is CC=C(C)C(=O)OC(C)(C)C1(CC2CCC(N)[NH2+]C2)CC2CC3CC(CCCO)C(=O)OC3CC2O1. The number of allylic oxidation sites excluding steroid dienone is 1. The van der Waals surface area contributed by atoms with Crippen LogP contribution in [0, 0.1) is 23.7 Å². The minimum absolute atomic E-state index is 0.0105. The van der Waals surface area contributed by atoms with Crippen LogP contribution in [0.4, 0.5) is 0 Å². The zero-order valence-corrected chi connectivity index (χ0v) is 22.5. The van der Waals surface area contributed by atoms with E-state index < -0.39 is 11.2 Å². The first kappa shape index (κ1) is 27.6. The van der Waals surface area contributed by atoms with Crippen molar-refractivity contribution in [3.63, 3.8) is 0 Å². The Hall–Kier alpha value is -1.48. The summed E-state index contributed by atoms with van der Waals surface area (Å²) in [5, 5.41) is 11.4. The van der Waals surface area contributed by atoms with Crippen molar-refractivity contribution in [2.45, 2.75) is 115 Å². The number of ether oxygens (including phenoxy) is 3. The van der Waals surface area contributed by atoms with Gasteiger partial charge in [-0.05, 0) is 84.5 Å². The Balaban J connectivity index is 1.54. The second-order valence-corrected chi connectivity index (χ2v) is 12.3. The number of quaternary nitrogens is 1. The van der Waals surface area contributed by atoms with Crippen LogP contribution >= 0.6 is 0 Å². The number of piperidine rings is 1. The third-order valence-electron chi connectivity index (χ3n) is 9.49. The smallest absolute Gasteiger partial charge is 0.334 e. The number of nitrogens with two attached hydrogens (primary N) is 2. The predicted octanol–water partition coefficient (Wildman–Crippen LogP) is 2.18. The van der Waals surface area contributed by atoms with Crippen molar-refractivity contribution in [1.82, 2.24) is 0 Å². The molecule has 0 aromatic rings. The van der Waals surface area contributed by atoms with Gasteiger partial charge in [0.1, 0.15) is 23.5 Å². The lowest BCUT2D eigenvalue weighted by atomic mass is 9.68. The molecule has 0 amide bonds. The fraction of sp³-hybridized carbons (Fsp3) is 0.857. The summed E-state index contributed by atoms with van der Waals surface area (Å²) in [6.07, 6.45) is 9.30. The maximum absolute atomic E-state index is 12.9. The highest BCUT2D eigenvalue weighted by molar-refractivity contribution is 5.88. The quantitative estimate of drug-likeness (QED) is 0.340. The normalized spacial score (nSPS) is 39.2. The molecule has 8 unspecified atom stereocenters. The molecule has 3 heterocycles. The molecule has 8 atom stereocenters. The molecular weight excluding hydrogens is 460 g/mol. The summed E-state index contributed by atoms with van der Waals surface area (Å²) in [4.78, 5) is 25.5. The topological polar surface area (TPSA) is 125 Å². The van der Waals surface area contributed by atoms with E-state index in [0.717, 1.165) is 45.1 Å². The van der Waals surface area contributed by atoms with Crippen molar-refractivity contribution in [2.24, 2.45) is 29.4 Å². The van der Waals surface area contributed by atoms with E-state index in [1.165, 1.54) is 0 Å². The molecule has 0 aromatic heterocycles. The Morgan fingerprint density at radius 1 is 1.25 bits per heavy atom. The van der Waals surface area contributed by atoms with Crippen LogP contribution in [0.2, 0.25) is 0 Å². The van der Waals surface area contributed by atoms with Crippen LogP contribution in [0.1, 0.15) is 85.5 Å². The van der Waals surface area contributed by atoms with E-state index in [1.54, 1.807) is 13.0 Å². The second-order valence-electron chi connectivity index (χ2n) is 12.3. The fourth-order valence-corrected chi connectivity index (χ4v) is 7.07. The first-order valence-electron chi connectivity index (χ1n) is 14.0. The standard InChI is InChI=1S/C28H46N2O6/c1-5-17(2)25(32)36-27(3,4)28(14-18-8-9-24(29)30-16-18)15-21-12-20-11-19(7-6-10-31)26(33)34-22(20)13-23(21)35-28/h5,18-24,30-31H,6-16,29H2,1-4H3/p+1. The Bertz CT molecular complexity index is 836. The van der Waals surface area contributed by atoms with Crippen molar-refractivity contribution in [3.05, 3.63) is 11.6 Å². The maximum Gasteiger partial charge on any atom is 0.334 e. The Kier molecular flexibility index (Phi) is 8.49. The molecule has 1 saturated carbocycles. The summed E-state index contributed by atoms with van der Waals surface area (Å²) in [6, 6.07) is 0. The highest BCUT2D eigenvalue weighted by Gasteiger charge is 2.60. The first-order valence-corrected chi connectivity index (χ1v) is 14.0. The molecule has 3 saturated heterocycles. The third-order valence-corrected chi connectivity index (χ3v) is 9.49. The summed E-state index contributed by atoms with van der Waals surface area (Å²) >= 11 is 0. The van der Waals surface area contributed by atoms with Crippen molar-refractivity contribution in [1.29, 1.82) is 0 Å². The number of hydrogen-bond acceptors (Lipinski definition) is 7. The number of fused-ring (bicyclic) bond motifs is 2. The maximum atomic E-state index is 12.9. The molecule has 8 nitrogen and oxygen atoms in total. The van der Waals surface area contributed by atoms with E-state index in [1.807, 2.05) is 20.8 Å². The van der Waals surface area contributed by atoms with Gasteiger partial charge in [0, 0.05) is 30.9 Å². The van der Waals surface area contributed by atoms with E-state index in [0.29, 0.717) is 42.6 Å². The summed E-state index contributed by atoms with van der Waals surface area (Å²) in [5.74, 6) is 0.560. The van der Waals surface area contributed by atoms with Crippen LogP contribution in [-0.2, 0) is 23.8 Å². The highest BCUT2D eigenvalue weighted by atomic mass is 16.6. The van der Waals surface area contributed by atoms with E-state index in [4.69, 9.17) is 19.9 Å². The van der Waals surface area contributed by atoms with Gasteiger partial charge in [-0.1, -0.05) is 6.08 Å². The molecule has 0 bridgehead atoms. The number of rotatable bonds is 8. The molecule has 0 aromatic carbocycles. The average Bonchev–Trinajstić information content (AvgIpc) is 3.20. The van der Waals surface area contributed by atoms with Gasteiger partial charge in [-0.25, -0.2) is 4.79 Å². The van der Waals surface area contributed by atoms with Crippen molar-refractivity contribution < 1.29 is 34.2 Å². The Morgan fingerprint density at radius 2 is 2.03 bits per heavy atom. The van der Waals surface area contributed by atoms with Gasteiger partial charge < -0.3 is 24.6 Å². The molecule has 0 radical (unpaired) electrons. The van der Waals surface area contributed by atoms with Crippen LogP contribution in [0.5, 0.6) is 0 Å². The lowest BCUT2D eigenvalue weighted by Crippen LogP contribution is -2.95. The molecule has 4 fully saturated rings. The van der Waals surface area contributed by atoms with Crippen LogP contribution in [0.25, 0.3) is 0 Å². The van der Waals surface area contributed by atoms with Gasteiger partial charge in [-0.2, -0.15) is 0 Å². The van der Waals surface area contributed by atoms with Crippen molar-refractivity contribution in [3.8, 4) is 0 Å². The largest absolute Gasteiger partial charge is 0.462 e. The molecule has 204 valence electrons. The summed E-state index contributed by atoms with van der Waals surface area (Å²) in [7, 11) is 0. The molecule has 5 N–H and O–H groups in total. The van der Waals surface area contributed by atoms with E-state index in [-0.39, 0.29) is 42.8 Å². The minimum atomic E-state index is -0.809. The third kappa shape index (κ3) is 5.66. The van der Waals surface area contributed by atoms with Crippen LogP contribution < -0.4 is 11.1 Å². The van der Waals surface area contributed by atoms with E-state index in [2.05, 4.69) is 5.32 Å². The molecule has 0 spiro atoms. The fourth-order valence-electron chi connectivity index (χ4n) is 7.07. The zero-order valence-electron chi connectivity index (χ0n) is 22.5. The Labute approximate surface area is 215 Å². The van der Waals surface area contributed by atoms with Crippen LogP contribution in [-0.4, -0.2) is 59.8 Å². The van der Waals surface area contributed by atoms with E-state index >= 15 is 0 Å². The van der Waals surface area contributed by atoms with Gasteiger partial charge >= 0.3 is 11.9 Å². The molecule has 1 aliphatic carbocycles. The van der Waals surface area contributed by atoms with Gasteiger partial charge in [-0.3, -0.25) is 10.5 Å². The van der Waals surface area contributed by atoms with Gasteiger partial charge in [-0.15, -0.1) is 0 Å². The van der Waals surface area contributed by atoms with Gasteiger partial charge in [0.05, 0.1) is 18.6 Å². The molecule has 4 aliphatic rings. The minimum Gasteiger partial charge on any atom is -0.462 e. The first-order chi connectivity index (χ1) is 17.1. The number of hydrogen-bond donors (Lipinski definition) is 3. The number of aliphatic hydroxyl groups excluding tert-OH is 1. The monoisotopic (exact) mass is 507 g/mol. The highest BCUT2D eigenvalue weighted by Crippen LogP contribution is 2.54. The number of esters is 2. The molecule has 36 heavy (non-hydrogen) atoms. The van der Waals surface area contributed by atoms with Crippen LogP contribution in [0.15, 0.2) is 11.6 Å². The van der Waals surface area contributed by atoms with Crippen LogP contribution in [0.3, 0.4) is 0 Å². The van der Waals surface area contributed by atoms with Gasteiger partial charge in [0.15, 0.2) is 0 Å². The zero-order chi connectivity index (χ0) is 26.1. The lowest BCUT2D eigenvalue weighted by Gasteiger charge is -2.45. The predicted molar refractivity (Wildman–Crippen MR) is 134 cm³/mol. The molecule has 4 rings (SSSR count). The van der Waals surface area contributed by atoms with Crippen molar-refractivity contribution in [2.75, 3.05) is 13.2 Å². The number of aliphatic hydroxyl groups is 1. The molecule has 3 aliphatic heterocycles. The number of carbonyl (C=O) groups excluding carboxylic acids is 2. The number of carbonyl (C=O) groups is 2.